The lowest BCUT2D eigenvalue weighted by Crippen LogP contribution is -2.45. The molecule has 11 rings (SSSR count). The fraction of sp³-hybridized carbons (Fsp3) is 0.143. The predicted octanol–water partition coefficient (Wildman–Crippen LogP) is 8.91. The summed E-state index contributed by atoms with van der Waals surface area (Å²) in [5.74, 6) is 1.96. The molecule has 4 aromatic heterocycles. The van der Waals surface area contributed by atoms with E-state index < -0.39 is 24.6 Å². The number of fused-ring (bicyclic) bond motifs is 5. The second-order valence-electron chi connectivity index (χ2n) is 16.3. The SMILES string of the molecule is [C-]#[N+]/C(c1nc2ccccc2s1)=c1\c2c(C(C)C)n(B3Oc4ccccc4O3)/c(=C(/C#N)c3nc4ccccc4s3)c2c(-c2ccc(OCCCCS(=O)(=O)O)cc2)n1B1Oc2ccccc2O1. The molecule has 2 aliphatic rings. The standard InChI is InChI=1S/C49H36B2N6O8S3/c1-29(2)44-41-42(46(56(44)50-62-35-16-6-7-17-36(35)63-50)32(28-52)48-54-33-14-4-10-20-39(33)66-48)45(30-22-24-31(25-23-30)61-26-12-13-27-68(58,59)60)57(51-64-37-18-8-9-19-38(37)65-51)47(41)43(53-3)49-55-34-15-5-11-21-40(34)67-49/h4-11,14-25,29H,12-13,26-27H2,1-2H3,(H,58,59,60)/b46-32-,47-43+. The van der Waals surface area contributed by atoms with Crippen molar-refractivity contribution in [3.05, 3.63) is 159 Å². The Balaban J connectivity index is 1.28. The third-order valence-corrected chi connectivity index (χ3v) is 14.6. The van der Waals surface area contributed by atoms with Gasteiger partial charge in [0.2, 0.25) is 5.70 Å². The minimum Gasteiger partial charge on any atom is -0.503 e. The summed E-state index contributed by atoms with van der Waals surface area (Å²) in [6.07, 6.45) is 0.627. The van der Waals surface area contributed by atoms with Crippen LogP contribution in [0.4, 0.5) is 0 Å². The largest absolute Gasteiger partial charge is 0.743 e. The van der Waals surface area contributed by atoms with Gasteiger partial charge in [-0.25, -0.2) is 14.8 Å². The van der Waals surface area contributed by atoms with E-state index in [0.29, 0.717) is 83.6 Å². The molecule has 6 heterocycles. The van der Waals surface area contributed by atoms with E-state index in [9.17, 15) is 18.2 Å². The molecule has 2 aliphatic heterocycles. The van der Waals surface area contributed by atoms with Gasteiger partial charge in [-0.1, -0.05) is 62.4 Å². The molecule has 0 radical (unpaired) electrons. The number of ether oxygens (including phenoxy) is 1. The number of hydrogen-bond acceptors (Lipinski definition) is 12. The maximum atomic E-state index is 11.6. The summed E-state index contributed by atoms with van der Waals surface area (Å²) in [5, 5.41) is 14.7. The van der Waals surface area contributed by atoms with Crippen LogP contribution in [0, 0.1) is 17.9 Å². The number of rotatable bonds is 12. The summed E-state index contributed by atoms with van der Waals surface area (Å²) in [7, 11) is -6.32. The highest BCUT2D eigenvalue weighted by Gasteiger charge is 2.45. The minimum atomic E-state index is -4.09. The number of nitrogens with zero attached hydrogens (tertiary/aromatic N) is 6. The summed E-state index contributed by atoms with van der Waals surface area (Å²) in [4.78, 5) is 14.4. The summed E-state index contributed by atoms with van der Waals surface area (Å²) >= 11 is 2.80. The Morgan fingerprint density at radius 1 is 0.750 bits per heavy atom. The average molecular weight is 955 g/mol. The summed E-state index contributed by atoms with van der Waals surface area (Å²) in [5.41, 5.74) is 3.87. The van der Waals surface area contributed by atoms with Gasteiger partial charge in [-0.15, -0.1) is 22.7 Å². The van der Waals surface area contributed by atoms with Crippen LogP contribution in [-0.2, 0) is 10.1 Å². The van der Waals surface area contributed by atoms with E-state index in [1.165, 1.54) is 22.7 Å². The van der Waals surface area contributed by atoms with Crippen LogP contribution in [0.5, 0.6) is 28.7 Å². The lowest BCUT2D eigenvalue weighted by Gasteiger charge is -2.18. The van der Waals surface area contributed by atoms with Gasteiger partial charge in [0, 0.05) is 16.5 Å². The van der Waals surface area contributed by atoms with Crippen LogP contribution in [0.1, 0.15) is 48.3 Å². The maximum Gasteiger partial charge on any atom is 0.743 e. The molecule has 0 atom stereocenters. The zero-order valence-electron chi connectivity index (χ0n) is 36.3. The van der Waals surface area contributed by atoms with Gasteiger partial charge >= 0.3 is 14.5 Å². The molecule has 1 N–H and O–H groups in total. The van der Waals surface area contributed by atoms with Crippen LogP contribution >= 0.6 is 22.7 Å². The second-order valence-corrected chi connectivity index (χ2v) is 20.0. The van der Waals surface area contributed by atoms with Crippen molar-refractivity contribution in [3.63, 3.8) is 0 Å². The number of hydrogen-bond donors (Lipinski definition) is 1. The van der Waals surface area contributed by atoms with Crippen molar-refractivity contribution in [3.8, 4) is 46.1 Å². The van der Waals surface area contributed by atoms with E-state index in [-0.39, 0.29) is 36.0 Å². The van der Waals surface area contributed by atoms with Gasteiger partial charge in [0.15, 0.2) is 0 Å². The van der Waals surface area contributed by atoms with Crippen LogP contribution in [0.2, 0.25) is 0 Å². The van der Waals surface area contributed by atoms with E-state index in [1.807, 2.05) is 118 Å². The van der Waals surface area contributed by atoms with E-state index >= 15 is 0 Å². The molecule has 334 valence electrons. The highest BCUT2D eigenvalue weighted by molar-refractivity contribution is 7.85. The van der Waals surface area contributed by atoms with Gasteiger partial charge in [-0.2, -0.15) is 13.7 Å². The van der Waals surface area contributed by atoms with E-state index in [2.05, 4.69) is 24.8 Å². The van der Waals surface area contributed by atoms with Gasteiger partial charge in [-0.05, 0) is 97.1 Å². The molecule has 19 heteroatoms. The van der Waals surface area contributed by atoms with Crippen LogP contribution in [0.3, 0.4) is 0 Å². The Kier molecular flexibility index (Phi) is 10.9. The van der Waals surface area contributed by atoms with Gasteiger partial charge in [-0.3, -0.25) is 4.55 Å². The molecule has 0 aliphatic carbocycles. The van der Waals surface area contributed by atoms with Gasteiger partial charge in [0.1, 0.15) is 50.4 Å². The summed E-state index contributed by atoms with van der Waals surface area (Å²) in [6, 6.07) is 40.2. The molecular formula is C49H36B2N6O8S3. The molecule has 0 unspecified atom stereocenters. The third kappa shape index (κ3) is 7.59. The number of para-hydroxylation sites is 6. The smallest absolute Gasteiger partial charge is 0.503 e. The Morgan fingerprint density at radius 3 is 1.81 bits per heavy atom. The molecule has 0 saturated carbocycles. The van der Waals surface area contributed by atoms with Crippen molar-refractivity contribution in [2.45, 2.75) is 32.6 Å². The first-order valence-electron chi connectivity index (χ1n) is 21.7. The number of nitriles is 1. The molecule has 0 bridgehead atoms. The Hall–Kier alpha value is -7.54. The van der Waals surface area contributed by atoms with Gasteiger partial charge in [0.05, 0.1) is 55.8 Å². The van der Waals surface area contributed by atoms with E-state index in [0.717, 1.165) is 20.4 Å². The van der Waals surface area contributed by atoms with Crippen LogP contribution in [0.25, 0.3) is 58.6 Å². The first-order valence-corrected chi connectivity index (χ1v) is 24.9. The number of aromatic nitrogens is 4. The zero-order valence-corrected chi connectivity index (χ0v) is 38.8. The Labute approximate surface area is 398 Å². The first-order chi connectivity index (χ1) is 33.1. The lowest BCUT2D eigenvalue weighted by atomic mass is 10.0. The minimum absolute atomic E-state index is 0.213. The van der Waals surface area contributed by atoms with Crippen LogP contribution < -0.4 is 34.1 Å². The van der Waals surface area contributed by atoms with Crippen molar-refractivity contribution in [2.75, 3.05) is 12.4 Å². The van der Waals surface area contributed by atoms with Crippen molar-refractivity contribution < 1.29 is 36.3 Å². The molecule has 9 aromatic rings. The molecule has 0 spiro atoms. The van der Waals surface area contributed by atoms with Crippen molar-refractivity contribution >= 4 is 89.8 Å². The molecule has 68 heavy (non-hydrogen) atoms. The molecule has 0 amide bonds. The van der Waals surface area contributed by atoms with Gasteiger partial charge < -0.3 is 32.3 Å². The summed E-state index contributed by atoms with van der Waals surface area (Å²) < 4.78 is 70.4. The van der Waals surface area contributed by atoms with Crippen LogP contribution in [0.15, 0.2) is 121 Å². The van der Waals surface area contributed by atoms with Crippen molar-refractivity contribution in [1.29, 1.82) is 5.26 Å². The first kappa shape index (κ1) is 43.1. The number of unbranched alkanes of at least 4 members (excludes halogenated alkanes) is 1. The monoisotopic (exact) mass is 954 g/mol. The highest BCUT2D eigenvalue weighted by Crippen LogP contribution is 2.41. The molecular weight excluding hydrogens is 918 g/mol. The van der Waals surface area contributed by atoms with E-state index in [4.69, 9.17) is 39.9 Å². The molecule has 5 aromatic carbocycles. The zero-order chi connectivity index (χ0) is 46.7. The predicted molar refractivity (Wildman–Crippen MR) is 264 cm³/mol. The fourth-order valence-corrected chi connectivity index (χ4v) is 11.3. The normalized spacial score (nSPS) is 14.0. The quantitative estimate of drug-likeness (QED) is 0.0538. The van der Waals surface area contributed by atoms with E-state index in [1.54, 1.807) is 12.1 Å². The third-order valence-electron chi connectivity index (χ3n) is 11.7. The average Bonchev–Trinajstić information content (AvgIpc) is 4.20. The molecule has 0 fully saturated rings. The Bertz CT molecular complexity index is 3600. The maximum absolute atomic E-state index is 11.6. The number of benzene rings is 5. The van der Waals surface area contributed by atoms with Crippen molar-refractivity contribution in [1.82, 2.24) is 18.9 Å². The van der Waals surface area contributed by atoms with Crippen LogP contribution in [-0.4, -0.2) is 58.8 Å². The number of thiazole rings is 2. The molecule has 14 nitrogen and oxygen atoms in total. The Morgan fingerprint density at radius 2 is 1.28 bits per heavy atom. The fourth-order valence-electron chi connectivity index (χ4n) is 8.81. The van der Waals surface area contributed by atoms with Crippen molar-refractivity contribution in [2.24, 2.45) is 0 Å². The molecule has 0 saturated heterocycles. The second kappa shape index (κ2) is 17.3. The highest BCUT2D eigenvalue weighted by atomic mass is 32.2. The van der Waals surface area contributed by atoms with Gasteiger partial charge in [0.25, 0.3) is 10.1 Å². The lowest BCUT2D eigenvalue weighted by molar-refractivity contribution is 0.309. The topological polar surface area (TPSA) is 164 Å². The summed E-state index contributed by atoms with van der Waals surface area (Å²) in [6.45, 7) is 13.4.